The van der Waals surface area contributed by atoms with Gasteiger partial charge in [0.25, 0.3) is 5.69 Å². The Morgan fingerprint density at radius 1 is 0.909 bits per heavy atom. The van der Waals surface area contributed by atoms with Crippen molar-refractivity contribution < 1.29 is 14.8 Å². The third-order valence-corrected chi connectivity index (χ3v) is 4.74. The predicted octanol–water partition coefficient (Wildman–Crippen LogP) is 7.13. The second-order valence-corrected chi connectivity index (χ2v) is 7.75. The lowest BCUT2D eigenvalue weighted by molar-refractivity contribution is -0.384. The monoisotopic (exact) mass is 447 g/mol. The van der Waals surface area contributed by atoms with Crippen LogP contribution < -0.4 is 4.74 Å². The average molecular weight is 447 g/mol. The van der Waals surface area contributed by atoms with E-state index in [1.165, 1.54) is 36.9 Å². The molecule has 1 N–H and O–H groups in total. The summed E-state index contributed by atoms with van der Waals surface area (Å²) >= 11 is 0. The SMILES string of the molecule is COc1cc(N=Nc2ccc([N+](=O)[O-])cc2)c(CO)cc1N=Nc1ccc(CC(C)C)cc1. The Balaban J connectivity index is 1.83. The van der Waals surface area contributed by atoms with Crippen LogP contribution in [0.2, 0.25) is 0 Å². The Bertz CT molecular complexity index is 1160. The van der Waals surface area contributed by atoms with Crippen molar-refractivity contribution in [2.75, 3.05) is 7.11 Å². The number of aliphatic hydroxyl groups is 1. The van der Waals surface area contributed by atoms with Crippen molar-refractivity contribution in [1.29, 1.82) is 0 Å². The lowest BCUT2D eigenvalue weighted by atomic mass is 10.0. The highest BCUT2D eigenvalue weighted by atomic mass is 16.6. The van der Waals surface area contributed by atoms with Gasteiger partial charge in [0.05, 0.1) is 35.7 Å². The van der Waals surface area contributed by atoms with E-state index in [1.54, 1.807) is 12.1 Å². The maximum Gasteiger partial charge on any atom is 0.269 e. The Hall–Kier alpha value is -3.98. The molecular formula is C24H25N5O4. The van der Waals surface area contributed by atoms with E-state index in [9.17, 15) is 15.2 Å². The molecule has 0 heterocycles. The smallest absolute Gasteiger partial charge is 0.269 e. The highest BCUT2D eigenvalue weighted by Gasteiger charge is 2.11. The number of nitrogens with zero attached hydrogens (tertiary/aromatic N) is 5. The number of hydrogen-bond acceptors (Lipinski definition) is 8. The quantitative estimate of drug-likeness (QED) is 0.213. The Kier molecular flexibility index (Phi) is 7.93. The summed E-state index contributed by atoms with van der Waals surface area (Å²) in [6.07, 6.45) is 1.00. The van der Waals surface area contributed by atoms with Gasteiger partial charge in [-0.15, -0.1) is 5.11 Å². The van der Waals surface area contributed by atoms with Crippen LogP contribution in [0.25, 0.3) is 0 Å². The van der Waals surface area contributed by atoms with Crippen LogP contribution in [-0.2, 0) is 13.0 Å². The first-order valence-corrected chi connectivity index (χ1v) is 10.4. The molecule has 0 aromatic heterocycles. The lowest BCUT2D eigenvalue weighted by Crippen LogP contribution is -1.92. The Morgan fingerprint density at radius 3 is 2.00 bits per heavy atom. The fourth-order valence-corrected chi connectivity index (χ4v) is 3.10. The van der Waals surface area contributed by atoms with E-state index in [4.69, 9.17) is 4.74 Å². The van der Waals surface area contributed by atoms with Gasteiger partial charge in [0.2, 0.25) is 0 Å². The van der Waals surface area contributed by atoms with Crippen LogP contribution in [0.5, 0.6) is 5.75 Å². The average Bonchev–Trinajstić information content (AvgIpc) is 2.82. The van der Waals surface area contributed by atoms with E-state index < -0.39 is 4.92 Å². The first-order valence-electron chi connectivity index (χ1n) is 10.4. The molecule has 3 aromatic rings. The van der Waals surface area contributed by atoms with Gasteiger partial charge in [0.15, 0.2) is 0 Å². The van der Waals surface area contributed by atoms with Crippen molar-refractivity contribution in [3.05, 3.63) is 81.9 Å². The van der Waals surface area contributed by atoms with Crippen LogP contribution >= 0.6 is 0 Å². The molecule has 9 nitrogen and oxygen atoms in total. The zero-order valence-electron chi connectivity index (χ0n) is 18.7. The van der Waals surface area contributed by atoms with E-state index in [-0.39, 0.29) is 12.3 Å². The third kappa shape index (κ3) is 6.50. The number of rotatable bonds is 9. The fourth-order valence-electron chi connectivity index (χ4n) is 3.10. The van der Waals surface area contributed by atoms with Crippen LogP contribution in [-0.4, -0.2) is 17.1 Å². The summed E-state index contributed by atoms with van der Waals surface area (Å²) in [6.45, 7) is 4.06. The van der Waals surface area contributed by atoms with Crippen LogP contribution in [0.4, 0.5) is 28.4 Å². The van der Waals surface area contributed by atoms with E-state index in [2.05, 4.69) is 34.3 Å². The third-order valence-electron chi connectivity index (χ3n) is 4.74. The van der Waals surface area contributed by atoms with Crippen molar-refractivity contribution in [3.63, 3.8) is 0 Å². The van der Waals surface area contributed by atoms with Gasteiger partial charge in [0, 0.05) is 23.8 Å². The number of non-ortho nitro benzene ring substituents is 1. The summed E-state index contributed by atoms with van der Waals surface area (Å²) in [7, 11) is 1.50. The second kappa shape index (κ2) is 11.1. The molecule has 0 bridgehead atoms. The number of nitro benzene ring substituents is 1. The highest BCUT2D eigenvalue weighted by Crippen LogP contribution is 2.37. The molecule has 0 saturated carbocycles. The molecule has 3 rings (SSSR count). The summed E-state index contributed by atoms with van der Waals surface area (Å²) in [5.74, 6) is 1.000. The van der Waals surface area contributed by atoms with Crippen molar-refractivity contribution in [3.8, 4) is 5.75 Å². The van der Waals surface area contributed by atoms with E-state index in [0.717, 1.165) is 6.42 Å². The Labute approximate surface area is 191 Å². The minimum atomic E-state index is -0.483. The van der Waals surface area contributed by atoms with E-state index in [0.29, 0.717) is 40.0 Å². The molecule has 0 atom stereocenters. The zero-order valence-corrected chi connectivity index (χ0v) is 18.7. The molecule has 0 radical (unpaired) electrons. The van der Waals surface area contributed by atoms with Gasteiger partial charge in [-0.25, -0.2) is 0 Å². The minimum absolute atomic E-state index is 0.0315. The first-order chi connectivity index (χ1) is 15.9. The number of aliphatic hydroxyl groups excluding tert-OH is 1. The molecule has 3 aromatic carbocycles. The van der Waals surface area contributed by atoms with Crippen molar-refractivity contribution in [2.45, 2.75) is 26.9 Å². The summed E-state index contributed by atoms with van der Waals surface area (Å²) in [5.41, 5.74) is 3.68. The molecule has 0 aliphatic carbocycles. The van der Waals surface area contributed by atoms with Crippen molar-refractivity contribution in [2.24, 2.45) is 26.4 Å². The molecule has 0 aliphatic rings. The number of benzene rings is 3. The fraction of sp³-hybridized carbons (Fsp3) is 0.250. The van der Waals surface area contributed by atoms with Gasteiger partial charge in [-0.2, -0.15) is 15.3 Å². The summed E-state index contributed by atoms with van der Waals surface area (Å²) < 4.78 is 5.42. The summed E-state index contributed by atoms with van der Waals surface area (Å²) in [6, 6.07) is 16.8. The van der Waals surface area contributed by atoms with E-state index >= 15 is 0 Å². The van der Waals surface area contributed by atoms with Crippen LogP contribution in [0.1, 0.15) is 25.0 Å². The molecule has 0 aliphatic heterocycles. The van der Waals surface area contributed by atoms with Gasteiger partial charge in [-0.1, -0.05) is 26.0 Å². The molecule has 170 valence electrons. The molecule has 0 saturated heterocycles. The van der Waals surface area contributed by atoms with Crippen LogP contribution in [0, 0.1) is 16.0 Å². The van der Waals surface area contributed by atoms with Gasteiger partial charge >= 0.3 is 0 Å². The number of nitro groups is 1. The second-order valence-electron chi connectivity index (χ2n) is 7.75. The number of ether oxygens (including phenoxy) is 1. The minimum Gasteiger partial charge on any atom is -0.494 e. The number of azo groups is 2. The number of hydrogen-bond donors (Lipinski definition) is 1. The summed E-state index contributed by atoms with van der Waals surface area (Å²) in [4.78, 5) is 10.3. The van der Waals surface area contributed by atoms with Crippen LogP contribution in [0.15, 0.2) is 81.1 Å². The summed E-state index contributed by atoms with van der Waals surface area (Å²) in [5, 5.41) is 37.4. The first kappa shape index (κ1) is 23.7. The molecule has 0 amide bonds. The van der Waals surface area contributed by atoms with E-state index in [1.807, 2.05) is 24.3 Å². The standard InChI is InChI=1S/C24H25N5O4/c1-16(2)12-17-4-6-19(7-5-17)26-28-23-13-18(15-30)22(14-24(23)33-3)27-25-20-8-10-21(11-9-20)29(31)32/h4-11,13-14,16,30H,12,15H2,1-3H3. The topological polar surface area (TPSA) is 122 Å². The maximum atomic E-state index is 10.8. The maximum absolute atomic E-state index is 10.8. The van der Waals surface area contributed by atoms with Crippen LogP contribution in [0.3, 0.4) is 0 Å². The zero-order chi connectivity index (χ0) is 23.8. The van der Waals surface area contributed by atoms with Gasteiger partial charge in [0.1, 0.15) is 11.4 Å². The molecule has 0 unspecified atom stereocenters. The van der Waals surface area contributed by atoms with Gasteiger partial charge < -0.3 is 9.84 Å². The van der Waals surface area contributed by atoms with Gasteiger partial charge in [-0.3, -0.25) is 10.1 Å². The molecule has 33 heavy (non-hydrogen) atoms. The molecular weight excluding hydrogens is 422 g/mol. The van der Waals surface area contributed by atoms with Crippen molar-refractivity contribution >= 4 is 28.4 Å². The highest BCUT2D eigenvalue weighted by molar-refractivity contribution is 5.63. The molecule has 0 fully saturated rings. The molecule has 9 heteroatoms. The molecule has 0 spiro atoms. The lowest BCUT2D eigenvalue weighted by Gasteiger charge is -2.08. The normalized spacial score (nSPS) is 11.5. The predicted molar refractivity (Wildman–Crippen MR) is 125 cm³/mol. The number of methoxy groups -OCH3 is 1. The van der Waals surface area contributed by atoms with Gasteiger partial charge in [-0.05, 0) is 48.2 Å². The Morgan fingerprint density at radius 2 is 1.48 bits per heavy atom. The largest absolute Gasteiger partial charge is 0.494 e. The van der Waals surface area contributed by atoms with Crippen molar-refractivity contribution in [1.82, 2.24) is 0 Å².